The number of carbonyl (C=O) groups excluding carboxylic acids is 1. The first-order valence-electron chi connectivity index (χ1n) is 15.9. The molecule has 2 heterocycles. The van der Waals surface area contributed by atoms with Crippen LogP contribution < -0.4 is 9.64 Å². The summed E-state index contributed by atoms with van der Waals surface area (Å²) in [5.41, 5.74) is 1.76. The Hall–Kier alpha value is -2.90. The van der Waals surface area contributed by atoms with Crippen LogP contribution in [0.1, 0.15) is 37.7 Å². The number of anilines is 1. The number of ether oxygens (including phenoxy) is 1. The molecule has 2 saturated heterocycles. The number of halogens is 6. The number of carbonyl (C=O) groups is 1. The van der Waals surface area contributed by atoms with Crippen LogP contribution in [0.4, 0.5) is 23.2 Å². The molecule has 3 aromatic carbocycles. The van der Waals surface area contributed by atoms with Gasteiger partial charge in [-0.3, -0.25) is 4.79 Å². The summed E-state index contributed by atoms with van der Waals surface area (Å²) in [6.45, 7) is 3.30. The molecule has 1 amide bonds. The van der Waals surface area contributed by atoms with Crippen molar-refractivity contribution in [2.24, 2.45) is 11.8 Å². The van der Waals surface area contributed by atoms with Crippen LogP contribution in [0.25, 0.3) is 0 Å². The second kappa shape index (κ2) is 15.8. The Morgan fingerprint density at radius 1 is 0.875 bits per heavy atom. The van der Waals surface area contributed by atoms with Crippen molar-refractivity contribution in [3.63, 3.8) is 0 Å². The van der Waals surface area contributed by atoms with E-state index in [4.69, 9.17) is 23.2 Å². The molecule has 0 unspecified atom stereocenters. The topological polar surface area (TPSA) is 70.2 Å². The van der Waals surface area contributed by atoms with Gasteiger partial charge in [-0.1, -0.05) is 35.3 Å². The van der Waals surface area contributed by atoms with E-state index in [-0.39, 0.29) is 42.6 Å². The van der Waals surface area contributed by atoms with Gasteiger partial charge in [-0.05, 0) is 124 Å². The minimum absolute atomic E-state index is 0.0849. The van der Waals surface area contributed by atoms with Crippen molar-refractivity contribution in [1.82, 2.24) is 9.21 Å². The molecule has 260 valence electrons. The standard InChI is InChI=1S/C34H37Cl2F4N3O4S/c35-31-11-6-28(23-32(31)36)43(17-1-16-41-18-12-25(13-19-41)22-24-2-4-27(37)5-3-24)33(44)26-14-20-42(21-15-26)48(45,46)30-9-7-29(8-10-30)47-34(38,39)40/h2-11,23,25-26H,1,12-22H2. The van der Waals surface area contributed by atoms with Gasteiger partial charge in [-0.15, -0.1) is 13.2 Å². The van der Waals surface area contributed by atoms with Gasteiger partial charge in [0.15, 0.2) is 0 Å². The Balaban J connectivity index is 1.16. The molecule has 0 saturated carbocycles. The predicted octanol–water partition coefficient (Wildman–Crippen LogP) is 7.81. The average Bonchev–Trinajstić information content (AvgIpc) is 3.05. The van der Waals surface area contributed by atoms with Crippen LogP contribution in [0.15, 0.2) is 71.6 Å². The Bertz CT molecular complexity index is 1640. The van der Waals surface area contributed by atoms with Gasteiger partial charge >= 0.3 is 6.36 Å². The highest BCUT2D eigenvalue weighted by molar-refractivity contribution is 7.89. The zero-order valence-electron chi connectivity index (χ0n) is 26.1. The lowest BCUT2D eigenvalue weighted by Crippen LogP contribution is -2.45. The molecule has 0 bridgehead atoms. The van der Waals surface area contributed by atoms with Crippen LogP contribution in [0, 0.1) is 17.7 Å². The lowest BCUT2D eigenvalue weighted by Gasteiger charge is -2.35. The maximum absolute atomic E-state index is 13.9. The van der Waals surface area contributed by atoms with E-state index < -0.39 is 28.1 Å². The molecule has 0 N–H and O–H groups in total. The Morgan fingerprint density at radius 3 is 2.12 bits per heavy atom. The molecule has 2 aliphatic rings. The number of sulfonamides is 1. The van der Waals surface area contributed by atoms with E-state index in [1.807, 2.05) is 12.1 Å². The quantitative estimate of drug-likeness (QED) is 0.189. The Morgan fingerprint density at radius 2 is 1.52 bits per heavy atom. The monoisotopic (exact) mass is 729 g/mol. The number of likely N-dealkylation sites (tertiary alicyclic amines) is 1. The van der Waals surface area contributed by atoms with Crippen LogP contribution in [-0.4, -0.2) is 69.2 Å². The Kier molecular flexibility index (Phi) is 11.9. The molecule has 0 spiro atoms. The SMILES string of the molecule is O=C(C1CCN(S(=O)(=O)c2ccc(OC(F)(F)F)cc2)CC1)N(CCCN1CCC(Cc2ccc(F)cc2)CC1)c1ccc(Cl)c(Cl)c1. The highest BCUT2D eigenvalue weighted by atomic mass is 35.5. The summed E-state index contributed by atoms with van der Waals surface area (Å²) in [6.07, 6.45) is -0.587. The van der Waals surface area contributed by atoms with Crippen LogP contribution in [0.2, 0.25) is 10.0 Å². The van der Waals surface area contributed by atoms with Crippen LogP contribution in [0.3, 0.4) is 0 Å². The second-order valence-electron chi connectivity index (χ2n) is 12.3. The third-order valence-corrected chi connectivity index (χ3v) is 11.6. The van der Waals surface area contributed by atoms with Gasteiger partial charge < -0.3 is 14.5 Å². The summed E-state index contributed by atoms with van der Waals surface area (Å²) >= 11 is 12.5. The van der Waals surface area contributed by atoms with Crippen molar-refractivity contribution in [2.75, 3.05) is 44.2 Å². The normalized spacial score (nSPS) is 17.4. The van der Waals surface area contributed by atoms with Gasteiger partial charge in [0.1, 0.15) is 11.6 Å². The number of rotatable bonds is 11. The maximum Gasteiger partial charge on any atom is 0.573 e. The van der Waals surface area contributed by atoms with E-state index >= 15 is 0 Å². The van der Waals surface area contributed by atoms with Crippen molar-refractivity contribution in [3.8, 4) is 5.75 Å². The smallest absolute Gasteiger partial charge is 0.406 e. The van der Waals surface area contributed by atoms with Crippen LogP contribution >= 0.6 is 23.2 Å². The molecule has 2 aliphatic heterocycles. The zero-order chi connectivity index (χ0) is 34.5. The molecule has 0 radical (unpaired) electrons. The van der Waals surface area contributed by atoms with Crippen molar-refractivity contribution in [3.05, 3.63) is 88.2 Å². The summed E-state index contributed by atoms with van der Waals surface area (Å²) in [5, 5.41) is 0.690. The highest BCUT2D eigenvalue weighted by Crippen LogP contribution is 2.32. The summed E-state index contributed by atoms with van der Waals surface area (Å²) in [5.74, 6) is -0.767. The number of piperidine rings is 2. The molecule has 14 heteroatoms. The number of alkyl halides is 3. The molecular formula is C34H37Cl2F4N3O4S. The van der Waals surface area contributed by atoms with Crippen molar-refractivity contribution in [1.29, 1.82) is 0 Å². The second-order valence-corrected chi connectivity index (χ2v) is 15.0. The van der Waals surface area contributed by atoms with E-state index in [0.29, 0.717) is 28.2 Å². The number of benzene rings is 3. The molecule has 3 aromatic rings. The van der Waals surface area contributed by atoms with Crippen molar-refractivity contribution < 1.29 is 35.5 Å². The van der Waals surface area contributed by atoms with Gasteiger partial charge in [-0.25, -0.2) is 12.8 Å². The number of nitrogens with zero attached hydrogens (tertiary/aromatic N) is 3. The fraction of sp³-hybridized carbons (Fsp3) is 0.441. The van der Waals surface area contributed by atoms with E-state index in [1.165, 1.54) is 16.4 Å². The fourth-order valence-corrected chi connectivity index (χ4v) is 8.13. The minimum Gasteiger partial charge on any atom is -0.406 e. The molecule has 2 fully saturated rings. The average molecular weight is 731 g/mol. The molecular weight excluding hydrogens is 693 g/mol. The van der Waals surface area contributed by atoms with Crippen LogP contribution in [-0.2, 0) is 21.2 Å². The third-order valence-electron chi connectivity index (χ3n) is 8.98. The largest absolute Gasteiger partial charge is 0.573 e. The van der Waals surface area contributed by atoms with E-state index in [0.717, 1.165) is 75.1 Å². The Labute approximate surface area is 288 Å². The summed E-state index contributed by atoms with van der Waals surface area (Å²) < 4.78 is 82.3. The lowest BCUT2D eigenvalue weighted by atomic mass is 9.90. The third kappa shape index (κ3) is 9.62. The van der Waals surface area contributed by atoms with E-state index in [1.54, 1.807) is 23.1 Å². The van der Waals surface area contributed by atoms with Gasteiger partial charge in [0, 0.05) is 31.2 Å². The first-order valence-corrected chi connectivity index (χ1v) is 18.1. The summed E-state index contributed by atoms with van der Waals surface area (Å²) in [4.78, 5) is 17.9. The maximum atomic E-state index is 13.9. The van der Waals surface area contributed by atoms with Gasteiger partial charge in [0.25, 0.3) is 0 Å². The predicted molar refractivity (Wildman–Crippen MR) is 177 cm³/mol. The van der Waals surface area contributed by atoms with E-state index in [9.17, 15) is 30.8 Å². The minimum atomic E-state index is -4.88. The molecule has 0 atom stereocenters. The fourth-order valence-electron chi connectivity index (χ4n) is 6.37. The van der Waals surface area contributed by atoms with Crippen molar-refractivity contribution in [2.45, 2.75) is 49.8 Å². The van der Waals surface area contributed by atoms with Gasteiger partial charge in [0.05, 0.1) is 14.9 Å². The van der Waals surface area contributed by atoms with Crippen molar-refractivity contribution >= 4 is 44.8 Å². The first kappa shape index (κ1) is 36.4. The van der Waals surface area contributed by atoms with Gasteiger partial charge in [-0.2, -0.15) is 4.31 Å². The molecule has 0 aromatic heterocycles. The number of amides is 1. The lowest BCUT2D eigenvalue weighted by molar-refractivity contribution is -0.274. The first-order chi connectivity index (χ1) is 22.8. The van der Waals surface area contributed by atoms with E-state index in [2.05, 4.69) is 9.64 Å². The summed E-state index contributed by atoms with van der Waals surface area (Å²) in [6, 6.07) is 15.8. The number of hydrogen-bond donors (Lipinski definition) is 0. The summed E-state index contributed by atoms with van der Waals surface area (Å²) in [7, 11) is -3.99. The van der Waals surface area contributed by atoms with Crippen LogP contribution in [0.5, 0.6) is 5.75 Å². The molecule has 0 aliphatic carbocycles. The molecule has 5 rings (SSSR count). The van der Waals surface area contributed by atoms with Gasteiger partial charge in [0.2, 0.25) is 15.9 Å². The zero-order valence-corrected chi connectivity index (χ0v) is 28.5. The number of hydrogen-bond acceptors (Lipinski definition) is 5. The highest BCUT2D eigenvalue weighted by Gasteiger charge is 2.35. The molecule has 7 nitrogen and oxygen atoms in total. The molecule has 48 heavy (non-hydrogen) atoms.